The number of ether oxygens (including phenoxy) is 2. The molecular weight excluding hydrogens is 486 g/mol. The lowest BCUT2D eigenvalue weighted by atomic mass is 9.94. The molecule has 0 unspecified atom stereocenters. The second kappa shape index (κ2) is 13.2. The van der Waals surface area contributed by atoms with Crippen molar-refractivity contribution < 1.29 is 28.7 Å². The number of carbonyl (C=O) groups excluding carboxylic acids is 4. The van der Waals surface area contributed by atoms with Gasteiger partial charge in [0.15, 0.2) is 5.78 Å². The molecule has 1 aliphatic heterocycles. The van der Waals surface area contributed by atoms with Crippen LogP contribution >= 0.6 is 0 Å². The predicted molar refractivity (Wildman–Crippen MR) is 141 cm³/mol. The molecule has 2 saturated carbocycles. The van der Waals surface area contributed by atoms with Crippen molar-refractivity contribution >= 4 is 23.5 Å². The third kappa shape index (κ3) is 7.79. The van der Waals surface area contributed by atoms with Gasteiger partial charge in [0.2, 0.25) is 17.7 Å². The number of hydrogen-bond donors (Lipinski definition) is 3. The van der Waals surface area contributed by atoms with E-state index < -0.39 is 36.0 Å². The molecule has 3 N–H and O–H groups in total. The number of Topliss-reactive ketones (excluding diaryl/α,β-unsaturated/α-hetero) is 1. The molecule has 9 heteroatoms. The first-order valence-electron chi connectivity index (χ1n) is 14.0. The fourth-order valence-corrected chi connectivity index (χ4v) is 5.62. The molecule has 4 rings (SSSR count). The fraction of sp³-hybridized carbons (Fsp3) is 0.655. The van der Waals surface area contributed by atoms with E-state index in [0.717, 1.165) is 56.9 Å². The Labute approximate surface area is 224 Å². The second-order valence-electron chi connectivity index (χ2n) is 11.0. The molecule has 1 saturated heterocycles. The van der Waals surface area contributed by atoms with Gasteiger partial charge >= 0.3 is 0 Å². The van der Waals surface area contributed by atoms with Crippen LogP contribution in [0.5, 0.6) is 5.75 Å². The van der Waals surface area contributed by atoms with Crippen molar-refractivity contribution in [3.05, 3.63) is 29.8 Å². The Bertz CT molecular complexity index is 981. The molecule has 0 radical (unpaired) electrons. The minimum atomic E-state index is -0.916. The zero-order chi connectivity index (χ0) is 27.1. The monoisotopic (exact) mass is 527 g/mol. The summed E-state index contributed by atoms with van der Waals surface area (Å²) in [6.45, 7) is 2.02. The molecule has 1 aromatic carbocycles. The molecule has 0 aromatic heterocycles. The number of ketones is 1. The summed E-state index contributed by atoms with van der Waals surface area (Å²) in [4.78, 5) is 52.2. The molecule has 38 heavy (non-hydrogen) atoms. The highest BCUT2D eigenvalue weighted by Crippen LogP contribution is 2.30. The number of amides is 3. The Morgan fingerprint density at radius 2 is 1.50 bits per heavy atom. The quantitative estimate of drug-likeness (QED) is 0.338. The average Bonchev–Trinajstić information content (AvgIpc) is 3.36. The van der Waals surface area contributed by atoms with Gasteiger partial charge in [0, 0.05) is 12.3 Å². The third-order valence-electron chi connectivity index (χ3n) is 8.06. The number of nitrogens with one attached hydrogen (secondary N) is 3. The van der Waals surface area contributed by atoms with E-state index in [-0.39, 0.29) is 24.0 Å². The normalized spacial score (nSPS) is 21.8. The largest absolute Gasteiger partial charge is 0.497 e. The predicted octanol–water partition coefficient (Wildman–Crippen LogP) is 2.45. The van der Waals surface area contributed by atoms with Crippen molar-refractivity contribution in [1.82, 2.24) is 16.0 Å². The summed E-state index contributed by atoms with van der Waals surface area (Å²) in [6, 6.07) is 4.94. The summed E-state index contributed by atoms with van der Waals surface area (Å²) in [5.41, 5.74) is 0.832. The minimum Gasteiger partial charge on any atom is -0.497 e. The highest BCUT2D eigenvalue weighted by molar-refractivity contribution is 5.96. The standard InChI is InChI=1S/C29H41N3O6/c1-18(30-28(35)21-9-5-6-10-21)27(34)32-24(16-20-11-13-22(37-2)14-12-20)29(36)31-23(26(33)25-17-38-25)15-19-7-3-4-8-19/h11-14,18-19,21,23-25H,3-10,15-17H2,1-2H3,(H,30,35)(H,31,36)(H,32,34)/t18-,23+,24+,25-/m1/s1. The van der Waals surface area contributed by atoms with E-state index in [0.29, 0.717) is 24.7 Å². The van der Waals surface area contributed by atoms with Crippen molar-refractivity contribution in [2.75, 3.05) is 13.7 Å². The van der Waals surface area contributed by atoms with E-state index >= 15 is 0 Å². The van der Waals surface area contributed by atoms with E-state index in [9.17, 15) is 19.2 Å². The van der Waals surface area contributed by atoms with Crippen LogP contribution in [0.1, 0.15) is 70.3 Å². The molecule has 0 spiro atoms. The molecule has 1 aromatic rings. The lowest BCUT2D eigenvalue weighted by Crippen LogP contribution is -2.56. The summed E-state index contributed by atoms with van der Waals surface area (Å²) < 4.78 is 10.5. The first-order chi connectivity index (χ1) is 18.3. The van der Waals surface area contributed by atoms with Crippen molar-refractivity contribution in [2.24, 2.45) is 11.8 Å². The zero-order valence-corrected chi connectivity index (χ0v) is 22.5. The summed E-state index contributed by atoms with van der Waals surface area (Å²) in [5.74, 6) is -0.0487. The van der Waals surface area contributed by atoms with Crippen molar-refractivity contribution in [1.29, 1.82) is 0 Å². The van der Waals surface area contributed by atoms with Crippen LogP contribution in [0.15, 0.2) is 24.3 Å². The maximum absolute atomic E-state index is 13.6. The average molecular weight is 528 g/mol. The van der Waals surface area contributed by atoms with Gasteiger partial charge in [0.25, 0.3) is 0 Å². The number of epoxide rings is 1. The highest BCUT2D eigenvalue weighted by atomic mass is 16.6. The van der Waals surface area contributed by atoms with Crippen LogP contribution in [0.4, 0.5) is 0 Å². The molecule has 3 amide bonds. The topological polar surface area (TPSA) is 126 Å². The Kier molecular flexibility index (Phi) is 9.77. The van der Waals surface area contributed by atoms with E-state index in [2.05, 4.69) is 16.0 Å². The number of carbonyl (C=O) groups is 4. The molecule has 208 valence electrons. The maximum Gasteiger partial charge on any atom is 0.243 e. The summed E-state index contributed by atoms with van der Waals surface area (Å²) in [7, 11) is 1.58. The van der Waals surface area contributed by atoms with Gasteiger partial charge in [-0.25, -0.2) is 0 Å². The van der Waals surface area contributed by atoms with E-state index in [1.165, 1.54) is 0 Å². The van der Waals surface area contributed by atoms with Gasteiger partial charge in [0.05, 0.1) is 19.8 Å². The van der Waals surface area contributed by atoms with Crippen LogP contribution in [-0.4, -0.2) is 61.5 Å². The SMILES string of the molecule is COc1ccc(C[C@H](NC(=O)[C@@H](C)NC(=O)C2CCCC2)C(=O)N[C@@H](CC2CCCC2)C(=O)[C@H]2CO2)cc1. The lowest BCUT2D eigenvalue weighted by Gasteiger charge is -2.26. The molecule has 4 atom stereocenters. The van der Waals surface area contributed by atoms with Crippen molar-refractivity contribution in [3.8, 4) is 5.75 Å². The minimum absolute atomic E-state index is 0.0596. The Balaban J connectivity index is 1.44. The molecule has 3 fully saturated rings. The number of benzene rings is 1. The molecule has 1 heterocycles. The Morgan fingerprint density at radius 1 is 0.895 bits per heavy atom. The smallest absolute Gasteiger partial charge is 0.243 e. The van der Waals surface area contributed by atoms with E-state index in [1.54, 1.807) is 26.2 Å². The van der Waals surface area contributed by atoms with Crippen molar-refractivity contribution in [3.63, 3.8) is 0 Å². The third-order valence-corrected chi connectivity index (χ3v) is 8.06. The Hall–Kier alpha value is -2.94. The number of rotatable bonds is 13. The van der Waals surface area contributed by atoms with E-state index in [1.807, 2.05) is 12.1 Å². The number of methoxy groups -OCH3 is 1. The van der Waals surface area contributed by atoms with Gasteiger partial charge in [-0.2, -0.15) is 0 Å². The summed E-state index contributed by atoms with van der Waals surface area (Å²) >= 11 is 0. The molecular formula is C29H41N3O6. The Morgan fingerprint density at radius 3 is 2.11 bits per heavy atom. The van der Waals surface area contributed by atoms with Gasteiger partial charge in [0.1, 0.15) is 23.9 Å². The highest BCUT2D eigenvalue weighted by Gasteiger charge is 2.39. The molecule has 9 nitrogen and oxygen atoms in total. The van der Waals surface area contributed by atoms with Crippen LogP contribution in [0.3, 0.4) is 0 Å². The van der Waals surface area contributed by atoms with Gasteiger partial charge < -0.3 is 25.4 Å². The number of hydrogen-bond acceptors (Lipinski definition) is 6. The molecule has 3 aliphatic rings. The fourth-order valence-electron chi connectivity index (χ4n) is 5.62. The first-order valence-corrected chi connectivity index (χ1v) is 14.0. The molecule has 0 bridgehead atoms. The van der Waals surface area contributed by atoms with Crippen molar-refractivity contribution in [2.45, 2.75) is 95.4 Å². The van der Waals surface area contributed by atoms with Gasteiger partial charge in [-0.1, -0.05) is 50.7 Å². The van der Waals surface area contributed by atoms with Gasteiger partial charge in [-0.3, -0.25) is 19.2 Å². The van der Waals surface area contributed by atoms with Crippen LogP contribution in [0, 0.1) is 11.8 Å². The van der Waals surface area contributed by atoms with E-state index in [4.69, 9.17) is 9.47 Å². The van der Waals surface area contributed by atoms with Crippen LogP contribution < -0.4 is 20.7 Å². The summed E-state index contributed by atoms with van der Waals surface area (Å²) in [6.07, 6.45) is 8.46. The lowest BCUT2D eigenvalue weighted by molar-refractivity contribution is -0.134. The zero-order valence-electron chi connectivity index (χ0n) is 22.5. The summed E-state index contributed by atoms with van der Waals surface area (Å²) in [5, 5.41) is 8.58. The first kappa shape index (κ1) is 28.1. The van der Waals surface area contributed by atoms with Gasteiger partial charge in [-0.05, 0) is 49.8 Å². The second-order valence-corrected chi connectivity index (χ2v) is 11.0. The molecule has 2 aliphatic carbocycles. The van der Waals surface area contributed by atoms with Crippen LogP contribution in [-0.2, 0) is 30.3 Å². The maximum atomic E-state index is 13.6. The van der Waals surface area contributed by atoms with Gasteiger partial charge in [-0.15, -0.1) is 0 Å². The van der Waals surface area contributed by atoms with Crippen LogP contribution in [0.25, 0.3) is 0 Å². The van der Waals surface area contributed by atoms with Crippen LogP contribution in [0.2, 0.25) is 0 Å².